The molecule has 0 radical (unpaired) electrons. The van der Waals surface area contributed by atoms with Crippen LogP contribution in [0.5, 0.6) is 0 Å². The molecule has 0 amide bonds. The average Bonchev–Trinajstić information content (AvgIpc) is 1.60. The first-order valence-electron chi connectivity index (χ1n) is 3.45. The minimum absolute atomic E-state index is 0.487. The number of allylic oxidation sites excluding steroid dienone is 1. The second-order valence-corrected chi connectivity index (χ2v) is 4.23. The number of hydrogen-bond acceptors (Lipinski definition) is 1. The highest BCUT2D eigenvalue weighted by Crippen LogP contribution is 2.32. The van der Waals surface area contributed by atoms with E-state index in [9.17, 15) is 0 Å². The van der Waals surface area contributed by atoms with E-state index in [0.29, 0.717) is 10.7 Å². The van der Waals surface area contributed by atoms with Gasteiger partial charge in [-0.05, 0) is 18.3 Å². The molecule has 0 aromatic rings. The van der Waals surface area contributed by atoms with Crippen LogP contribution in [0, 0.1) is 5.41 Å². The van der Waals surface area contributed by atoms with Gasteiger partial charge in [-0.2, -0.15) is 12.6 Å². The molecule has 1 rings (SSSR count). The number of thiol groups is 1. The predicted molar refractivity (Wildman–Crippen MR) is 44.9 cm³/mol. The zero-order chi connectivity index (χ0) is 6.91. The first kappa shape index (κ1) is 7.20. The van der Waals surface area contributed by atoms with Crippen molar-refractivity contribution in [3.05, 3.63) is 12.2 Å². The van der Waals surface area contributed by atoms with Gasteiger partial charge >= 0.3 is 0 Å². The van der Waals surface area contributed by atoms with E-state index < -0.39 is 0 Å². The van der Waals surface area contributed by atoms with E-state index in [2.05, 4.69) is 38.6 Å². The highest BCUT2D eigenvalue weighted by atomic mass is 32.1. The summed E-state index contributed by atoms with van der Waals surface area (Å²) in [5, 5.41) is 0.494. The van der Waals surface area contributed by atoms with Crippen LogP contribution in [0.3, 0.4) is 0 Å². The van der Waals surface area contributed by atoms with Gasteiger partial charge in [0.05, 0.1) is 0 Å². The number of rotatable bonds is 0. The molecule has 0 saturated carbocycles. The Bertz CT molecular complexity index is 125. The lowest BCUT2D eigenvalue weighted by atomic mass is 9.81. The monoisotopic (exact) mass is 142 g/mol. The van der Waals surface area contributed by atoms with Gasteiger partial charge in [0.1, 0.15) is 0 Å². The van der Waals surface area contributed by atoms with Gasteiger partial charge < -0.3 is 0 Å². The SMILES string of the molecule is CC1(C)CC=CC(S)C1. The zero-order valence-corrected chi connectivity index (χ0v) is 6.99. The molecule has 0 aromatic heterocycles. The van der Waals surface area contributed by atoms with Gasteiger partial charge in [-0.15, -0.1) is 0 Å². The lowest BCUT2D eigenvalue weighted by molar-refractivity contribution is 0.336. The maximum absolute atomic E-state index is 4.39. The first-order chi connectivity index (χ1) is 4.10. The lowest BCUT2D eigenvalue weighted by Gasteiger charge is -2.28. The van der Waals surface area contributed by atoms with E-state index in [-0.39, 0.29) is 0 Å². The van der Waals surface area contributed by atoms with Gasteiger partial charge in [-0.1, -0.05) is 26.0 Å². The molecule has 1 aliphatic carbocycles. The van der Waals surface area contributed by atoms with E-state index in [1.165, 1.54) is 12.8 Å². The van der Waals surface area contributed by atoms with E-state index in [1.54, 1.807) is 0 Å². The second-order valence-electron chi connectivity index (χ2n) is 3.57. The van der Waals surface area contributed by atoms with Crippen LogP contribution in [0.1, 0.15) is 26.7 Å². The Hall–Kier alpha value is 0.0900. The third kappa shape index (κ3) is 2.05. The fourth-order valence-corrected chi connectivity index (χ4v) is 1.88. The first-order valence-corrected chi connectivity index (χ1v) is 3.96. The van der Waals surface area contributed by atoms with Crippen molar-refractivity contribution in [3.8, 4) is 0 Å². The van der Waals surface area contributed by atoms with Gasteiger partial charge in [0, 0.05) is 5.25 Å². The molecular weight excluding hydrogens is 128 g/mol. The summed E-state index contributed by atoms with van der Waals surface area (Å²) in [5.41, 5.74) is 0.487. The molecule has 0 nitrogen and oxygen atoms in total. The summed E-state index contributed by atoms with van der Waals surface area (Å²) in [6.07, 6.45) is 6.85. The smallest absolute Gasteiger partial charge is 0.0201 e. The molecule has 0 spiro atoms. The maximum Gasteiger partial charge on any atom is 0.0201 e. The topological polar surface area (TPSA) is 0 Å². The molecular formula is C8H14S. The van der Waals surface area contributed by atoms with Gasteiger partial charge in [0.15, 0.2) is 0 Å². The average molecular weight is 142 g/mol. The Kier molecular flexibility index (Phi) is 1.90. The molecule has 0 aromatic carbocycles. The van der Waals surface area contributed by atoms with Crippen LogP contribution >= 0.6 is 12.6 Å². The Morgan fingerprint density at radius 2 is 2.22 bits per heavy atom. The number of hydrogen-bond donors (Lipinski definition) is 1. The second kappa shape index (κ2) is 2.37. The minimum atomic E-state index is 0.487. The molecule has 0 heterocycles. The quantitative estimate of drug-likeness (QED) is 0.390. The molecule has 1 unspecified atom stereocenters. The summed E-state index contributed by atoms with van der Waals surface area (Å²) < 4.78 is 0. The summed E-state index contributed by atoms with van der Waals surface area (Å²) in [4.78, 5) is 0. The van der Waals surface area contributed by atoms with Crippen molar-refractivity contribution in [1.82, 2.24) is 0 Å². The van der Waals surface area contributed by atoms with Crippen LogP contribution in [0.15, 0.2) is 12.2 Å². The Labute approximate surface area is 62.8 Å². The third-order valence-corrected chi connectivity index (χ3v) is 2.15. The third-order valence-electron chi connectivity index (χ3n) is 1.79. The summed E-state index contributed by atoms with van der Waals surface area (Å²) in [5.74, 6) is 0. The van der Waals surface area contributed by atoms with Crippen molar-refractivity contribution in [3.63, 3.8) is 0 Å². The van der Waals surface area contributed by atoms with Gasteiger partial charge in [0.25, 0.3) is 0 Å². The van der Waals surface area contributed by atoms with Crippen molar-refractivity contribution >= 4 is 12.6 Å². The van der Waals surface area contributed by atoms with Crippen molar-refractivity contribution < 1.29 is 0 Å². The molecule has 1 atom stereocenters. The van der Waals surface area contributed by atoms with Crippen LogP contribution in [-0.4, -0.2) is 5.25 Å². The molecule has 0 bridgehead atoms. The molecule has 52 valence electrons. The summed E-state index contributed by atoms with van der Waals surface area (Å²) in [7, 11) is 0. The Morgan fingerprint density at radius 3 is 2.56 bits per heavy atom. The van der Waals surface area contributed by atoms with E-state index in [4.69, 9.17) is 0 Å². The highest BCUT2D eigenvalue weighted by Gasteiger charge is 2.21. The summed E-state index contributed by atoms with van der Waals surface area (Å²) in [6.45, 7) is 4.58. The van der Waals surface area contributed by atoms with Gasteiger partial charge in [-0.25, -0.2) is 0 Å². The standard InChI is InChI=1S/C8H14S/c1-8(2)5-3-4-7(9)6-8/h3-4,7,9H,5-6H2,1-2H3. The molecule has 0 saturated heterocycles. The van der Waals surface area contributed by atoms with Crippen molar-refractivity contribution in [1.29, 1.82) is 0 Å². The molecule has 1 aliphatic rings. The predicted octanol–water partition coefficient (Wildman–Crippen LogP) is 2.66. The Morgan fingerprint density at radius 1 is 1.56 bits per heavy atom. The van der Waals surface area contributed by atoms with Crippen LogP contribution in [0.4, 0.5) is 0 Å². The van der Waals surface area contributed by atoms with E-state index >= 15 is 0 Å². The fourth-order valence-electron chi connectivity index (χ4n) is 1.26. The highest BCUT2D eigenvalue weighted by molar-refractivity contribution is 7.81. The van der Waals surface area contributed by atoms with Crippen LogP contribution in [-0.2, 0) is 0 Å². The fraction of sp³-hybridized carbons (Fsp3) is 0.750. The molecule has 0 N–H and O–H groups in total. The Balaban J connectivity index is 2.58. The minimum Gasteiger partial charge on any atom is -0.172 e. The normalized spacial score (nSPS) is 32.6. The van der Waals surface area contributed by atoms with Crippen molar-refractivity contribution in [2.45, 2.75) is 31.9 Å². The van der Waals surface area contributed by atoms with Crippen LogP contribution in [0.2, 0.25) is 0 Å². The molecule has 0 aliphatic heterocycles. The zero-order valence-electron chi connectivity index (χ0n) is 6.09. The molecule has 9 heavy (non-hydrogen) atoms. The molecule has 1 heteroatoms. The lowest BCUT2D eigenvalue weighted by Crippen LogP contribution is -2.18. The van der Waals surface area contributed by atoms with Crippen LogP contribution < -0.4 is 0 Å². The van der Waals surface area contributed by atoms with Crippen LogP contribution in [0.25, 0.3) is 0 Å². The maximum atomic E-state index is 4.39. The van der Waals surface area contributed by atoms with E-state index in [0.717, 1.165) is 0 Å². The summed E-state index contributed by atoms with van der Waals surface area (Å²) >= 11 is 4.39. The largest absolute Gasteiger partial charge is 0.172 e. The molecule has 0 fully saturated rings. The summed E-state index contributed by atoms with van der Waals surface area (Å²) in [6, 6.07) is 0. The van der Waals surface area contributed by atoms with E-state index in [1.807, 2.05) is 0 Å². The van der Waals surface area contributed by atoms with Gasteiger partial charge in [-0.3, -0.25) is 0 Å². The van der Waals surface area contributed by atoms with Crippen molar-refractivity contribution in [2.24, 2.45) is 5.41 Å². The van der Waals surface area contributed by atoms with Crippen molar-refractivity contribution in [2.75, 3.05) is 0 Å². The van der Waals surface area contributed by atoms with Gasteiger partial charge in [0.2, 0.25) is 0 Å².